The highest BCUT2D eigenvalue weighted by atomic mass is 31.1. The Morgan fingerprint density at radius 2 is 0.525 bits per heavy atom. The number of benzene rings is 5. The van der Waals surface area contributed by atoms with Crippen LogP contribution < -0.4 is 32.3 Å². The Morgan fingerprint density at radius 3 is 0.775 bits per heavy atom. The molecule has 7 rings (SSSR count). The molecule has 0 saturated carbocycles. The molecule has 0 amide bonds. The zero-order valence-electron chi connectivity index (χ0n) is 22.1. The van der Waals surface area contributed by atoms with E-state index in [1.165, 1.54) is 32.9 Å². The number of rotatable bonds is 6. The molecule has 4 N–H and O–H groups in total. The van der Waals surface area contributed by atoms with Gasteiger partial charge in [-0.3, -0.25) is 0 Å². The molecule has 0 bridgehead atoms. The van der Waals surface area contributed by atoms with Crippen LogP contribution in [0.5, 0.6) is 0 Å². The van der Waals surface area contributed by atoms with E-state index in [4.69, 9.17) is 0 Å². The highest BCUT2D eigenvalue weighted by molar-refractivity contribution is 7.72. The first-order valence-corrected chi connectivity index (χ1v) is 16.7. The Hall–Kier alpha value is -3.20. The molecule has 6 heteroatoms. The first-order chi connectivity index (χ1) is 19.9. The molecule has 40 heavy (non-hydrogen) atoms. The number of hydrazine groups is 2. The van der Waals surface area contributed by atoms with Crippen LogP contribution in [0.2, 0.25) is 0 Å². The molecular formula is C34H32N4P2. The van der Waals surface area contributed by atoms with E-state index in [0.29, 0.717) is 0 Å². The largest absolute Gasteiger partial charge is 0.245 e. The third-order valence-corrected chi connectivity index (χ3v) is 13.7. The fourth-order valence-corrected chi connectivity index (χ4v) is 12.3. The Labute approximate surface area is 238 Å². The van der Waals surface area contributed by atoms with Crippen LogP contribution >= 0.6 is 15.8 Å². The molecule has 0 unspecified atom stereocenters. The van der Waals surface area contributed by atoms with Gasteiger partial charge in [-0.25, -0.2) is 21.7 Å². The predicted molar refractivity (Wildman–Crippen MR) is 169 cm³/mol. The topological polar surface area (TPSA) is 48.1 Å². The van der Waals surface area contributed by atoms with E-state index in [1.54, 1.807) is 0 Å². The molecule has 0 spiro atoms. The number of nitrogens with one attached hydrogen (secondary N) is 4. The van der Waals surface area contributed by atoms with E-state index in [-0.39, 0.29) is 23.1 Å². The Morgan fingerprint density at radius 1 is 0.300 bits per heavy atom. The van der Waals surface area contributed by atoms with Gasteiger partial charge in [0.05, 0.1) is 23.1 Å². The SMILES string of the molecule is c1ccc([C@H]2NN[C@H](c3ccccc3)P2c2ccccc2P2[C@@H](c3ccccc3)NN[C@@H]2c2ccccc2)cc1. The summed E-state index contributed by atoms with van der Waals surface area (Å²) in [5.41, 5.74) is 20.2. The molecule has 5 aromatic rings. The maximum absolute atomic E-state index is 3.73. The van der Waals surface area contributed by atoms with Gasteiger partial charge in [0, 0.05) is 0 Å². The van der Waals surface area contributed by atoms with Gasteiger partial charge in [-0.1, -0.05) is 146 Å². The highest BCUT2D eigenvalue weighted by Gasteiger charge is 2.44. The van der Waals surface area contributed by atoms with Crippen LogP contribution in [0.1, 0.15) is 45.4 Å². The van der Waals surface area contributed by atoms with Crippen molar-refractivity contribution in [2.45, 2.75) is 23.1 Å². The van der Waals surface area contributed by atoms with Crippen molar-refractivity contribution in [3.8, 4) is 0 Å². The van der Waals surface area contributed by atoms with Gasteiger partial charge >= 0.3 is 0 Å². The van der Waals surface area contributed by atoms with Gasteiger partial charge in [-0.2, -0.15) is 0 Å². The molecule has 2 fully saturated rings. The molecule has 198 valence electrons. The normalized spacial score (nSPS) is 23.4. The fraction of sp³-hybridized carbons (Fsp3) is 0.118. The smallest absolute Gasteiger partial charge is 0.0718 e. The maximum atomic E-state index is 3.73. The Balaban J connectivity index is 1.39. The molecule has 0 aromatic heterocycles. The van der Waals surface area contributed by atoms with Crippen molar-refractivity contribution in [1.82, 2.24) is 21.7 Å². The lowest BCUT2D eigenvalue weighted by Gasteiger charge is -2.32. The quantitative estimate of drug-likeness (QED) is 0.171. The van der Waals surface area contributed by atoms with Crippen LogP contribution in [0.4, 0.5) is 0 Å². The zero-order valence-corrected chi connectivity index (χ0v) is 23.8. The molecular weight excluding hydrogens is 526 g/mol. The van der Waals surface area contributed by atoms with Crippen molar-refractivity contribution in [3.05, 3.63) is 168 Å². The molecule has 5 aromatic carbocycles. The van der Waals surface area contributed by atoms with Gasteiger partial charge in [0.1, 0.15) is 0 Å². The summed E-state index contributed by atoms with van der Waals surface area (Å²) in [5.74, 6) is 0.802. The summed E-state index contributed by atoms with van der Waals surface area (Å²) < 4.78 is 0. The van der Waals surface area contributed by atoms with Gasteiger partial charge in [-0.05, 0) is 48.7 Å². The van der Waals surface area contributed by atoms with Gasteiger partial charge in [0.15, 0.2) is 0 Å². The first kappa shape index (κ1) is 25.7. The lowest BCUT2D eigenvalue weighted by Crippen LogP contribution is -2.27. The predicted octanol–water partition coefficient (Wildman–Crippen LogP) is 6.91. The molecule has 0 radical (unpaired) electrons. The van der Waals surface area contributed by atoms with Crippen molar-refractivity contribution in [2.75, 3.05) is 0 Å². The van der Waals surface area contributed by atoms with E-state index >= 15 is 0 Å². The second-order valence-corrected chi connectivity index (χ2v) is 14.8. The minimum absolute atomic E-state index is 0.200. The summed E-state index contributed by atoms with van der Waals surface area (Å²) in [6.07, 6.45) is 0. The Kier molecular flexibility index (Phi) is 7.55. The van der Waals surface area contributed by atoms with E-state index in [9.17, 15) is 0 Å². The molecule has 2 aliphatic rings. The van der Waals surface area contributed by atoms with E-state index in [1.807, 2.05) is 0 Å². The van der Waals surface area contributed by atoms with Crippen LogP contribution in [-0.2, 0) is 0 Å². The molecule has 4 nitrogen and oxygen atoms in total. The zero-order chi connectivity index (χ0) is 26.7. The summed E-state index contributed by atoms with van der Waals surface area (Å²) in [5, 5.41) is 2.94. The number of hydrogen-bond acceptors (Lipinski definition) is 4. The summed E-state index contributed by atoms with van der Waals surface area (Å²) in [4.78, 5) is 0. The van der Waals surface area contributed by atoms with Crippen molar-refractivity contribution >= 4 is 26.5 Å². The van der Waals surface area contributed by atoms with Crippen molar-refractivity contribution < 1.29 is 0 Å². The standard InChI is InChI=1S/C34H32N4P2/c1-5-15-25(16-6-1)31-35-36-32(26-17-7-2-8-18-26)39(31)29-23-13-14-24-30(29)40-33(27-19-9-3-10-20-27)37-38-34(40)28-21-11-4-12-22-28/h1-24,31-38H/t31-,32-,33-,34-/m0/s1. The molecule has 2 heterocycles. The van der Waals surface area contributed by atoms with Crippen molar-refractivity contribution in [3.63, 3.8) is 0 Å². The summed E-state index contributed by atoms with van der Waals surface area (Å²) in [6.45, 7) is 0. The van der Waals surface area contributed by atoms with Crippen molar-refractivity contribution in [1.29, 1.82) is 0 Å². The monoisotopic (exact) mass is 558 g/mol. The minimum Gasteiger partial charge on any atom is -0.245 e. The third kappa shape index (κ3) is 4.93. The van der Waals surface area contributed by atoms with E-state index in [0.717, 1.165) is 0 Å². The molecule has 0 aliphatic carbocycles. The second-order valence-electron chi connectivity index (χ2n) is 10.1. The third-order valence-electron chi connectivity index (χ3n) is 7.73. The molecule has 4 atom stereocenters. The lowest BCUT2D eigenvalue weighted by molar-refractivity contribution is 0.555. The average molecular weight is 559 g/mol. The maximum Gasteiger partial charge on any atom is 0.0718 e. The van der Waals surface area contributed by atoms with Crippen LogP contribution in [0, 0.1) is 0 Å². The van der Waals surface area contributed by atoms with Gasteiger partial charge in [0.2, 0.25) is 0 Å². The average Bonchev–Trinajstić information content (AvgIpc) is 3.68. The summed E-state index contributed by atoms with van der Waals surface area (Å²) in [7, 11) is -1.39. The Bertz CT molecular complexity index is 1320. The van der Waals surface area contributed by atoms with Crippen LogP contribution in [-0.4, -0.2) is 0 Å². The van der Waals surface area contributed by atoms with Crippen molar-refractivity contribution in [2.24, 2.45) is 0 Å². The highest BCUT2D eigenvalue weighted by Crippen LogP contribution is 2.65. The summed E-state index contributed by atoms with van der Waals surface area (Å²) in [6, 6.07) is 52.9. The fourth-order valence-electron chi connectivity index (χ4n) is 5.87. The van der Waals surface area contributed by atoms with E-state index in [2.05, 4.69) is 167 Å². The molecule has 2 aliphatic heterocycles. The van der Waals surface area contributed by atoms with Gasteiger partial charge in [-0.15, -0.1) is 0 Å². The van der Waals surface area contributed by atoms with Crippen LogP contribution in [0.15, 0.2) is 146 Å². The van der Waals surface area contributed by atoms with Crippen LogP contribution in [0.3, 0.4) is 0 Å². The van der Waals surface area contributed by atoms with E-state index < -0.39 is 15.8 Å². The lowest BCUT2D eigenvalue weighted by atomic mass is 10.2. The molecule has 2 saturated heterocycles. The minimum atomic E-state index is -0.694. The number of hydrogen-bond donors (Lipinski definition) is 4. The summed E-state index contributed by atoms with van der Waals surface area (Å²) >= 11 is 0. The van der Waals surface area contributed by atoms with Gasteiger partial charge < -0.3 is 0 Å². The van der Waals surface area contributed by atoms with Gasteiger partial charge in [0.25, 0.3) is 0 Å². The second kappa shape index (κ2) is 11.7. The first-order valence-electron chi connectivity index (χ1n) is 13.8. The van der Waals surface area contributed by atoms with Crippen LogP contribution in [0.25, 0.3) is 0 Å².